The van der Waals surface area contributed by atoms with E-state index in [1.54, 1.807) is 0 Å². The second-order valence-corrected chi connectivity index (χ2v) is 6.28. The maximum atomic E-state index is 12.9. The van der Waals surface area contributed by atoms with E-state index in [1.807, 2.05) is 17.0 Å². The highest BCUT2D eigenvalue weighted by atomic mass is 16.5. The zero-order valence-electron chi connectivity index (χ0n) is 12.4. The fourth-order valence-electron chi connectivity index (χ4n) is 3.90. The zero-order chi connectivity index (χ0) is 14.2. The van der Waals surface area contributed by atoms with Crippen molar-refractivity contribution < 1.29 is 9.53 Å². The number of carbonyl (C=O) groups excluding carboxylic acids is 1. The number of benzene rings is 1. The third-order valence-corrected chi connectivity index (χ3v) is 5.02. The van der Waals surface area contributed by atoms with E-state index in [0.717, 1.165) is 56.2 Å². The van der Waals surface area contributed by atoms with Crippen molar-refractivity contribution in [2.45, 2.75) is 32.1 Å². The van der Waals surface area contributed by atoms with Crippen LogP contribution >= 0.6 is 0 Å². The summed E-state index contributed by atoms with van der Waals surface area (Å²) in [7, 11) is 0. The molecule has 0 saturated heterocycles. The van der Waals surface area contributed by atoms with Gasteiger partial charge in [-0.1, -0.05) is 25.3 Å². The molecule has 1 amide bonds. The summed E-state index contributed by atoms with van der Waals surface area (Å²) < 4.78 is 5.76. The van der Waals surface area contributed by atoms with E-state index >= 15 is 0 Å². The Labute approximate surface area is 125 Å². The number of para-hydroxylation sites is 1. The number of hydrogen-bond acceptors (Lipinski definition) is 3. The second kappa shape index (κ2) is 5.24. The monoisotopic (exact) mass is 286 g/mol. The molecule has 1 saturated carbocycles. The molecule has 1 fully saturated rings. The molecule has 112 valence electrons. The highest BCUT2D eigenvalue weighted by molar-refractivity contribution is 6.00. The van der Waals surface area contributed by atoms with Crippen molar-refractivity contribution in [2.24, 2.45) is 5.92 Å². The summed E-state index contributed by atoms with van der Waals surface area (Å²) in [5.41, 5.74) is 2.17. The van der Waals surface area contributed by atoms with Crippen LogP contribution in [0.5, 0.6) is 5.75 Å². The lowest BCUT2D eigenvalue weighted by Crippen LogP contribution is -2.48. The number of amides is 1. The summed E-state index contributed by atoms with van der Waals surface area (Å²) in [6.07, 6.45) is 5.81. The van der Waals surface area contributed by atoms with Crippen LogP contribution in [0.3, 0.4) is 0 Å². The van der Waals surface area contributed by atoms with Gasteiger partial charge in [0.2, 0.25) is 5.91 Å². The van der Waals surface area contributed by atoms with Crippen LogP contribution in [0.1, 0.15) is 32.1 Å². The van der Waals surface area contributed by atoms with Gasteiger partial charge < -0.3 is 14.5 Å². The van der Waals surface area contributed by atoms with Gasteiger partial charge in [0.15, 0.2) is 0 Å². The van der Waals surface area contributed by atoms with E-state index in [2.05, 4.69) is 11.0 Å². The molecule has 2 aliphatic heterocycles. The molecule has 4 rings (SSSR count). The highest BCUT2D eigenvalue weighted by Crippen LogP contribution is 2.43. The molecule has 4 nitrogen and oxygen atoms in total. The lowest BCUT2D eigenvalue weighted by molar-refractivity contribution is -0.123. The summed E-state index contributed by atoms with van der Waals surface area (Å²) in [4.78, 5) is 17.3. The molecule has 4 heteroatoms. The number of carbonyl (C=O) groups is 1. The van der Waals surface area contributed by atoms with Gasteiger partial charge in [-0.3, -0.25) is 4.79 Å². The largest absolute Gasteiger partial charge is 0.489 e. The first kappa shape index (κ1) is 13.0. The Bertz CT molecular complexity index is 552. The predicted molar refractivity (Wildman–Crippen MR) is 83.1 cm³/mol. The number of hydrogen-bond donors (Lipinski definition) is 0. The van der Waals surface area contributed by atoms with E-state index in [1.165, 1.54) is 19.3 Å². The average Bonchev–Trinajstić information content (AvgIpc) is 2.56. The smallest absolute Gasteiger partial charge is 0.230 e. The third-order valence-electron chi connectivity index (χ3n) is 5.02. The fourth-order valence-corrected chi connectivity index (χ4v) is 3.90. The highest BCUT2D eigenvalue weighted by Gasteiger charge is 2.34. The maximum absolute atomic E-state index is 12.9. The number of ether oxygens (including phenoxy) is 1. The van der Waals surface area contributed by atoms with E-state index in [9.17, 15) is 4.79 Å². The van der Waals surface area contributed by atoms with Crippen molar-refractivity contribution in [2.75, 3.05) is 36.0 Å². The van der Waals surface area contributed by atoms with Crippen LogP contribution in [0.15, 0.2) is 18.2 Å². The molecule has 1 aliphatic carbocycles. The minimum absolute atomic E-state index is 0.227. The maximum Gasteiger partial charge on any atom is 0.230 e. The van der Waals surface area contributed by atoms with Gasteiger partial charge >= 0.3 is 0 Å². The first-order valence-corrected chi connectivity index (χ1v) is 8.17. The molecule has 0 atom stereocenters. The Morgan fingerprint density at radius 1 is 1.10 bits per heavy atom. The van der Waals surface area contributed by atoms with Gasteiger partial charge in [-0.2, -0.15) is 0 Å². The molecule has 1 aromatic carbocycles. The van der Waals surface area contributed by atoms with Crippen molar-refractivity contribution in [3.63, 3.8) is 0 Å². The first-order valence-electron chi connectivity index (χ1n) is 8.17. The van der Waals surface area contributed by atoms with Crippen LogP contribution in [0, 0.1) is 5.92 Å². The molecular formula is C17H22N2O2. The first-order chi connectivity index (χ1) is 10.3. The van der Waals surface area contributed by atoms with Crippen LogP contribution in [0.2, 0.25) is 0 Å². The second-order valence-electron chi connectivity index (χ2n) is 6.28. The van der Waals surface area contributed by atoms with Gasteiger partial charge in [-0.15, -0.1) is 0 Å². The standard InChI is InChI=1S/C17H22N2O2/c20-17(13-5-2-1-3-6-13)19-10-9-18-11-12-21-15-8-4-7-14(19)16(15)18/h4,7-8,13H,1-3,5-6,9-12H2. The normalized spacial score (nSPS) is 21.7. The number of rotatable bonds is 1. The summed E-state index contributed by atoms with van der Waals surface area (Å²) in [6.45, 7) is 3.40. The molecule has 0 spiro atoms. The molecule has 0 radical (unpaired) electrons. The summed E-state index contributed by atoms with van der Waals surface area (Å²) in [5.74, 6) is 1.49. The van der Waals surface area contributed by atoms with Gasteiger partial charge in [0.05, 0.1) is 12.2 Å². The molecule has 2 heterocycles. The summed E-state index contributed by atoms with van der Waals surface area (Å²) in [5, 5.41) is 0. The van der Waals surface area contributed by atoms with E-state index in [0.29, 0.717) is 5.91 Å². The van der Waals surface area contributed by atoms with Gasteiger partial charge in [-0.25, -0.2) is 0 Å². The van der Waals surface area contributed by atoms with Crippen LogP contribution in [-0.2, 0) is 4.79 Å². The summed E-state index contributed by atoms with van der Waals surface area (Å²) in [6, 6.07) is 6.09. The Morgan fingerprint density at radius 2 is 1.95 bits per heavy atom. The van der Waals surface area contributed by atoms with Crippen LogP contribution in [-0.4, -0.2) is 32.1 Å². The van der Waals surface area contributed by atoms with Crippen molar-refractivity contribution in [1.29, 1.82) is 0 Å². The van der Waals surface area contributed by atoms with E-state index in [4.69, 9.17) is 4.74 Å². The number of nitrogens with zero attached hydrogens (tertiary/aromatic N) is 2. The predicted octanol–water partition coefficient (Wildman–Crippen LogP) is 2.81. The van der Waals surface area contributed by atoms with Crippen molar-refractivity contribution in [3.05, 3.63) is 18.2 Å². The molecular weight excluding hydrogens is 264 g/mol. The SMILES string of the molecule is O=C(C1CCCCC1)N1CCN2CCOc3cccc1c32. The number of anilines is 2. The van der Waals surface area contributed by atoms with E-state index in [-0.39, 0.29) is 5.92 Å². The lowest BCUT2D eigenvalue weighted by Gasteiger charge is -2.42. The molecule has 0 bridgehead atoms. The van der Waals surface area contributed by atoms with Gasteiger partial charge in [-0.05, 0) is 25.0 Å². The topological polar surface area (TPSA) is 32.8 Å². The fraction of sp³-hybridized carbons (Fsp3) is 0.588. The molecule has 0 unspecified atom stereocenters. The quantitative estimate of drug-likeness (QED) is 0.796. The van der Waals surface area contributed by atoms with E-state index < -0.39 is 0 Å². The van der Waals surface area contributed by atoms with Crippen LogP contribution < -0.4 is 14.5 Å². The third kappa shape index (κ3) is 2.17. The van der Waals surface area contributed by atoms with Crippen LogP contribution in [0.25, 0.3) is 0 Å². The Hall–Kier alpha value is -1.71. The molecule has 21 heavy (non-hydrogen) atoms. The Kier molecular flexibility index (Phi) is 3.24. The molecule has 3 aliphatic rings. The Balaban J connectivity index is 1.67. The lowest BCUT2D eigenvalue weighted by atomic mass is 9.88. The minimum Gasteiger partial charge on any atom is -0.489 e. The summed E-state index contributed by atoms with van der Waals surface area (Å²) >= 11 is 0. The van der Waals surface area contributed by atoms with Gasteiger partial charge in [0, 0.05) is 19.0 Å². The molecule has 0 aromatic heterocycles. The minimum atomic E-state index is 0.227. The molecule has 0 N–H and O–H groups in total. The van der Waals surface area contributed by atoms with Crippen molar-refractivity contribution in [3.8, 4) is 5.75 Å². The van der Waals surface area contributed by atoms with Crippen molar-refractivity contribution in [1.82, 2.24) is 0 Å². The van der Waals surface area contributed by atoms with Crippen LogP contribution in [0.4, 0.5) is 11.4 Å². The Morgan fingerprint density at radius 3 is 2.81 bits per heavy atom. The zero-order valence-corrected chi connectivity index (χ0v) is 12.4. The van der Waals surface area contributed by atoms with Gasteiger partial charge in [0.1, 0.15) is 18.0 Å². The van der Waals surface area contributed by atoms with Crippen molar-refractivity contribution >= 4 is 17.3 Å². The molecule has 1 aromatic rings. The van der Waals surface area contributed by atoms with Gasteiger partial charge in [0.25, 0.3) is 0 Å². The average molecular weight is 286 g/mol.